The van der Waals surface area contributed by atoms with E-state index >= 15 is 0 Å². The number of benzene rings is 2. The van der Waals surface area contributed by atoms with Crippen molar-refractivity contribution in [1.82, 2.24) is 19.7 Å². The van der Waals surface area contributed by atoms with Gasteiger partial charge in [-0.05, 0) is 30.7 Å². The largest absolute Gasteiger partial charge is 0.481 e. The Morgan fingerprint density at radius 1 is 1.00 bits per heavy atom. The van der Waals surface area contributed by atoms with E-state index in [9.17, 15) is 9.18 Å². The number of aromatic nitrogens is 4. The minimum atomic E-state index is -0.379. The molecule has 0 aliphatic rings. The third-order valence-electron chi connectivity index (χ3n) is 4.63. The van der Waals surface area contributed by atoms with E-state index < -0.39 is 0 Å². The van der Waals surface area contributed by atoms with Crippen molar-refractivity contribution in [3.8, 4) is 23.5 Å². The lowest BCUT2D eigenvalue weighted by Gasteiger charge is -2.12. The van der Waals surface area contributed by atoms with Crippen LogP contribution in [0.5, 0.6) is 23.5 Å². The Bertz CT molecular complexity index is 1300. The van der Waals surface area contributed by atoms with E-state index in [1.54, 1.807) is 37.3 Å². The summed E-state index contributed by atoms with van der Waals surface area (Å²) < 4.78 is 31.0. The molecule has 9 heteroatoms. The first-order valence-corrected chi connectivity index (χ1v) is 9.38. The Kier molecular flexibility index (Phi) is 5.48. The normalized spacial score (nSPS) is 10.8. The van der Waals surface area contributed by atoms with Gasteiger partial charge >= 0.3 is 6.01 Å². The van der Waals surface area contributed by atoms with Crippen molar-refractivity contribution in [3.63, 3.8) is 0 Å². The summed E-state index contributed by atoms with van der Waals surface area (Å²) in [5.74, 6) is 0.388. The lowest BCUT2D eigenvalue weighted by atomic mass is 10.1. The molecule has 0 saturated heterocycles. The molecule has 0 N–H and O–H groups in total. The molecule has 2 heterocycles. The first-order chi connectivity index (χ1) is 15.0. The molecule has 2 aromatic heterocycles. The van der Waals surface area contributed by atoms with Gasteiger partial charge < -0.3 is 14.2 Å². The van der Waals surface area contributed by atoms with Gasteiger partial charge in [-0.15, -0.1) is 0 Å². The quantitative estimate of drug-likeness (QED) is 0.470. The first kappa shape index (κ1) is 20.3. The van der Waals surface area contributed by atoms with E-state index in [1.165, 1.54) is 37.1 Å². The summed E-state index contributed by atoms with van der Waals surface area (Å²) in [6.07, 6.45) is 0. The van der Waals surface area contributed by atoms with Crippen LogP contribution in [0.3, 0.4) is 0 Å². The second-order valence-corrected chi connectivity index (χ2v) is 6.69. The maximum atomic E-state index is 13.6. The monoisotopic (exact) mass is 422 g/mol. The molecule has 0 atom stereocenters. The molecule has 31 heavy (non-hydrogen) atoms. The number of halogens is 1. The molecule has 0 amide bonds. The van der Waals surface area contributed by atoms with Crippen LogP contribution in [0, 0.1) is 12.7 Å². The average molecular weight is 422 g/mol. The summed E-state index contributed by atoms with van der Waals surface area (Å²) in [6, 6.07) is 12.7. The van der Waals surface area contributed by atoms with Crippen LogP contribution in [0.4, 0.5) is 4.39 Å². The van der Waals surface area contributed by atoms with Gasteiger partial charge in [0.05, 0.1) is 37.9 Å². The number of fused-ring (bicyclic) bond motifs is 1. The van der Waals surface area contributed by atoms with Gasteiger partial charge in [-0.25, -0.2) is 9.07 Å². The SMILES string of the molecule is COc1cc(OC)nc(Oc2cccc3c(C)nn(Cc4cccc(F)c4)c(=O)c23)n1. The number of methoxy groups -OCH3 is 2. The second kappa shape index (κ2) is 8.39. The van der Waals surface area contributed by atoms with E-state index in [1.807, 2.05) is 0 Å². The predicted molar refractivity (Wildman–Crippen MR) is 111 cm³/mol. The van der Waals surface area contributed by atoms with Gasteiger partial charge in [0.1, 0.15) is 11.6 Å². The van der Waals surface area contributed by atoms with Crippen LogP contribution in [0.25, 0.3) is 10.8 Å². The summed E-state index contributed by atoms with van der Waals surface area (Å²) in [5.41, 5.74) is 0.864. The molecule has 0 bridgehead atoms. The number of hydrogen-bond acceptors (Lipinski definition) is 7. The fourth-order valence-corrected chi connectivity index (χ4v) is 3.20. The fraction of sp³-hybridized carbons (Fsp3) is 0.182. The van der Waals surface area contributed by atoms with Gasteiger partial charge in [-0.2, -0.15) is 15.1 Å². The van der Waals surface area contributed by atoms with Gasteiger partial charge in [-0.1, -0.05) is 24.3 Å². The number of nitrogens with zero attached hydrogens (tertiary/aromatic N) is 4. The molecule has 4 rings (SSSR count). The Balaban J connectivity index is 1.82. The highest BCUT2D eigenvalue weighted by molar-refractivity contribution is 5.89. The molecule has 0 aliphatic heterocycles. The molecule has 4 aromatic rings. The van der Waals surface area contributed by atoms with Crippen LogP contribution in [-0.2, 0) is 6.54 Å². The summed E-state index contributed by atoms with van der Waals surface area (Å²) in [6.45, 7) is 1.91. The average Bonchev–Trinajstić information content (AvgIpc) is 2.77. The zero-order valence-electron chi connectivity index (χ0n) is 17.1. The molecular formula is C22H19FN4O4. The minimum absolute atomic E-state index is 0.0331. The molecule has 0 radical (unpaired) electrons. The van der Waals surface area contributed by atoms with Gasteiger partial charge in [0.2, 0.25) is 11.8 Å². The molecule has 0 saturated carbocycles. The standard InChI is InChI=1S/C22H19FN4O4/c1-13-16-8-5-9-17(31-22-24-18(29-2)11-19(25-22)30-3)20(16)21(28)27(26-13)12-14-6-4-7-15(23)10-14/h4-11H,12H2,1-3H3. The Morgan fingerprint density at radius 3 is 2.39 bits per heavy atom. The summed E-state index contributed by atoms with van der Waals surface area (Å²) in [4.78, 5) is 21.6. The van der Waals surface area contributed by atoms with Gasteiger partial charge in [0.25, 0.3) is 5.56 Å². The molecular weight excluding hydrogens is 403 g/mol. The van der Waals surface area contributed by atoms with E-state index in [0.29, 0.717) is 22.0 Å². The van der Waals surface area contributed by atoms with Crippen molar-refractivity contribution in [1.29, 1.82) is 0 Å². The van der Waals surface area contributed by atoms with Crippen LogP contribution >= 0.6 is 0 Å². The fourth-order valence-electron chi connectivity index (χ4n) is 3.20. The van der Waals surface area contributed by atoms with Gasteiger partial charge in [0, 0.05) is 5.39 Å². The molecule has 0 aliphatic carbocycles. The van der Waals surface area contributed by atoms with E-state index in [2.05, 4.69) is 15.1 Å². The first-order valence-electron chi connectivity index (χ1n) is 9.38. The summed E-state index contributed by atoms with van der Waals surface area (Å²) in [7, 11) is 2.92. The number of rotatable bonds is 6. The molecule has 0 spiro atoms. The van der Waals surface area contributed by atoms with Crippen LogP contribution in [0.15, 0.2) is 53.3 Å². The number of aryl methyl sites for hydroxylation is 1. The highest BCUT2D eigenvalue weighted by Gasteiger charge is 2.16. The zero-order valence-corrected chi connectivity index (χ0v) is 17.1. The molecule has 2 aromatic carbocycles. The van der Waals surface area contributed by atoms with E-state index in [-0.39, 0.29) is 41.4 Å². The molecule has 0 fully saturated rings. The predicted octanol–water partition coefficient (Wildman–Crippen LogP) is 3.49. The number of ether oxygens (including phenoxy) is 3. The van der Waals surface area contributed by atoms with Crippen molar-refractivity contribution in [3.05, 3.63) is 76.0 Å². The van der Waals surface area contributed by atoms with Crippen molar-refractivity contribution in [2.24, 2.45) is 0 Å². The molecule has 0 unspecified atom stereocenters. The van der Waals surface area contributed by atoms with Crippen LogP contribution < -0.4 is 19.8 Å². The minimum Gasteiger partial charge on any atom is -0.481 e. The van der Waals surface area contributed by atoms with Gasteiger partial charge in [-0.3, -0.25) is 4.79 Å². The van der Waals surface area contributed by atoms with E-state index in [4.69, 9.17) is 14.2 Å². The Morgan fingerprint density at radius 2 is 1.71 bits per heavy atom. The Hall–Kier alpha value is -4.01. The van der Waals surface area contributed by atoms with Crippen LogP contribution in [0.1, 0.15) is 11.3 Å². The molecule has 8 nitrogen and oxygen atoms in total. The van der Waals surface area contributed by atoms with Gasteiger partial charge in [0.15, 0.2) is 0 Å². The molecule has 158 valence electrons. The Labute approximate surface area is 176 Å². The van der Waals surface area contributed by atoms with Crippen LogP contribution in [0.2, 0.25) is 0 Å². The smallest absolute Gasteiger partial charge is 0.328 e. The van der Waals surface area contributed by atoms with Crippen molar-refractivity contribution < 1.29 is 18.6 Å². The van der Waals surface area contributed by atoms with E-state index in [0.717, 1.165) is 0 Å². The lowest BCUT2D eigenvalue weighted by molar-refractivity contribution is 0.348. The highest BCUT2D eigenvalue weighted by Crippen LogP contribution is 2.29. The topological polar surface area (TPSA) is 88.4 Å². The van der Waals surface area contributed by atoms with Crippen molar-refractivity contribution >= 4 is 10.8 Å². The summed E-state index contributed by atoms with van der Waals surface area (Å²) >= 11 is 0. The maximum absolute atomic E-state index is 13.6. The second-order valence-electron chi connectivity index (χ2n) is 6.69. The van der Waals surface area contributed by atoms with Crippen molar-refractivity contribution in [2.45, 2.75) is 13.5 Å². The zero-order chi connectivity index (χ0) is 22.0. The highest BCUT2D eigenvalue weighted by atomic mass is 19.1. The summed E-state index contributed by atoms with van der Waals surface area (Å²) in [5, 5.41) is 5.33. The lowest BCUT2D eigenvalue weighted by Crippen LogP contribution is -2.25. The third kappa shape index (κ3) is 4.16. The van der Waals surface area contributed by atoms with Crippen LogP contribution in [-0.4, -0.2) is 34.0 Å². The van der Waals surface area contributed by atoms with Crippen molar-refractivity contribution in [2.75, 3.05) is 14.2 Å². The maximum Gasteiger partial charge on any atom is 0.328 e. The number of hydrogen-bond donors (Lipinski definition) is 0. The third-order valence-corrected chi connectivity index (χ3v) is 4.63.